The molecule has 10 heteroatoms. The molecular formula is C19H18N6O4. The summed E-state index contributed by atoms with van der Waals surface area (Å²) in [4.78, 5) is 51.5. The Balaban J connectivity index is 1.44. The monoisotopic (exact) mass is 394 g/mol. The fraction of sp³-hybridized carbons (Fsp3) is 0.368. The van der Waals surface area contributed by atoms with Gasteiger partial charge in [0, 0.05) is 18.2 Å². The van der Waals surface area contributed by atoms with Crippen molar-refractivity contribution < 1.29 is 19.2 Å². The molecule has 0 atom stereocenters. The maximum absolute atomic E-state index is 13.2. The summed E-state index contributed by atoms with van der Waals surface area (Å²) in [6, 6.07) is 4.97. The number of imide groups is 2. The van der Waals surface area contributed by atoms with Crippen LogP contribution in [0, 0.1) is 5.92 Å². The van der Waals surface area contributed by atoms with E-state index in [2.05, 4.69) is 20.9 Å². The van der Waals surface area contributed by atoms with Crippen LogP contribution in [-0.4, -0.2) is 49.1 Å². The Kier molecular flexibility index (Phi) is 3.61. The highest BCUT2D eigenvalue weighted by Gasteiger charge is 2.65. The number of benzene rings is 1. The highest BCUT2D eigenvalue weighted by Crippen LogP contribution is 2.49. The molecule has 2 aromatic rings. The van der Waals surface area contributed by atoms with E-state index in [9.17, 15) is 19.2 Å². The summed E-state index contributed by atoms with van der Waals surface area (Å²) in [6.45, 7) is 2.98. The zero-order chi connectivity index (χ0) is 20.3. The number of rotatable bonds is 5. The van der Waals surface area contributed by atoms with Crippen LogP contribution in [0.25, 0.3) is 0 Å². The van der Waals surface area contributed by atoms with Crippen LogP contribution in [0.5, 0.6) is 0 Å². The van der Waals surface area contributed by atoms with Gasteiger partial charge in [-0.1, -0.05) is 11.3 Å². The third-order valence-electron chi connectivity index (χ3n) is 5.91. The van der Waals surface area contributed by atoms with E-state index in [0.717, 1.165) is 4.90 Å². The molecular weight excluding hydrogens is 376 g/mol. The van der Waals surface area contributed by atoms with E-state index in [1.54, 1.807) is 29.1 Å². The van der Waals surface area contributed by atoms with Crippen molar-refractivity contribution in [3.05, 3.63) is 41.2 Å². The summed E-state index contributed by atoms with van der Waals surface area (Å²) in [6.07, 6.45) is 2.17. The average Bonchev–Trinajstić information content (AvgIpc) is 3.23. The quantitative estimate of drug-likeness (QED) is 0.699. The highest BCUT2D eigenvalue weighted by molar-refractivity contribution is 6.26. The van der Waals surface area contributed by atoms with Gasteiger partial charge in [0.2, 0.25) is 5.91 Å². The normalized spacial score (nSPS) is 25.0. The fourth-order valence-corrected chi connectivity index (χ4v) is 4.32. The molecule has 3 fully saturated rings. The number of anilines is 1. The lowest BCUT2D eigenvalue weighted by atomic mass is 9.63. The van der Waals surface area contributed by atoms with Gasteiger partial charge in [0.15, 0.2) is 0 Å². The zero-order valence-corrected chi connectivity index (χ0v) is 15.6. The molecule has 10 nitrogen and oxygen atoms in total. The number of hydrogen-bond donors (Lipinski definition) is 2. The Labute approximate surface area is 165 Å². The molecule has 1 saturated carbocycles. The van der Waals surface area contributed by atoms with Crippen molar-refractivity contribution in [3.8, 4) is 0 Å². The Morgan fingerprint density at radius 3 is 2.69 bits per heavy atom. The number of carbonyl (C=O) groups excluding carboxylic acids is 4. The number of nitrogens with one attached hydrogen (secondary N) is 2. The average molecular weight is 394 g/mol. The highest BCUT2D eigenvalue weighted by atomic mass is 16.2. The molecule has 0 unspecified atom stereocenters. The smallest absolute Gasteiger partial charge is 0.264 e. The van der Waals surface area contributed by atoms with Gasteiger partial charge in [0.1, 0.15) is 11.2 Å². The number of amides is 4. The van der Waals surface area contributed by atoms with Crippen molar-refractivity contribution in [3.63, 3.8) is 0 Å². The molecule has 3 aliphatic heterocycles. The molecule has 4 heterocycles. The van der Waals surface area contributed by atoms with Crippen molar-refractivity contribution in [2.75, 3.05) is 5.32 Å². The van der Waals surface area contributed by atoms with Crippen molar-refractivity contribution in [1.29, 1.82) is 0 Å². The lowest BCUT2D eigenvalue weighted by molar-refractivity contribution is -0.158. The molecule has 4 amide bonds. The van der Waals surface area contributed by atoms with Gasteiger partial charge >= 0.3 is 0 Å². The molecule has 1 aromatic carbocycles. The van der Waals surface area contributed by atoms with Crippen LogP contribution < -0.4 is 10.6 Å². The molecule has 2 bridgehead atoms. The van der Waals surface area contributed by atoms with E-state index in [1.165, 1.54) is 0 Å². The molecule has 2 saturated heterocycles. The Morgan fingerprint density at radius 2 is 2.00 bits per heavy atom. The molecule has 1 aliphatic carbocycles. The molecule has 4 aliphatic rings. The van der Waals surface area contributed by atoms with Gasteiger partial charge in [-0.25, -0.2) is 0 Å². The fourth-order valence-electron chi connectivity index (χ4n) is 4.32. The minimum Gasteiger partial charge on any atom is -0.379 e. The second-order valence-electron chi connectivity index (χ2n) is 7.55. The van der Waals surface area contributed by atoms with Crippen molar-refractivity contribution in [2.45, 2.75) is 38.4 Å². The first-order valence-corrected chi connectivity index (χ1v) is 9.44. The minimum atomic E-state index is -1.27. The molecule has 29 heavy (non-hydrogen) atoms. The summed E-state index contributed by atoms with van der Waals surface area (Å²) >= 11 is 0. The Hall–Kier alpha value is -3.56. The Bertz CT molecular complexity index is 1080. The summed E-state index contributed by atoms with van der Waals surface area (Å²) in [5.74, 6) is -2.28. The maximum atomic E-state index is 13.2. The van der Waals surface area contributed by atoms with E-state index >= 15 is 0 Å². The number of piperidine rings is 2. The van der Waals surface area contributed by atoms with Gasteiger partial charge in [-0.15, -0.1) is 5.10 Å². The van der Waals surface area contributed by atoms with Gasteiger partial charge in [-0.3, -0.25) is 34.1 Å². The first kappa shape index (κ1) is 17.5. The molecule has 2 N–H and O–H groups in total. The van der Waals surface area contributed by atoms with E-state index in [-0.39, 0.29) is 35.8 Å². The van der Waals surface area contributed by atoms with Gasteiger partial charge in [-0.2, -0.15) is 0 Å². The van der Waals surface area contributed by atoms with Crippen LogP contribution in [0.4, 0.5) is 5.69 Å². The number of nitrogens with zero attached hydrogens (tertiary/aromatic N) is 4. The van der Waals surface area contributed by atoms with Gasteiger partial charge < -0.3 is 5.32 Å². The SMILES string of the molecule is CCn1cc(CNc2cccc3c2C(=O)N(C24CC(C2)C(=O)NC4=O)C3=O)nn1. The summed E-state index contributed by atoms with van der Waals surface area (Å²) in [5.41, 5.74) is 0.410. The van der Waals surface area contributed by atoms with E-state index in [4.69, 9.17) is 0 Å². The number of carbonyl (C=O) groups is 4. The van der Waals surface area contributed by atoms with Gasteiger partial charge in [0.05, 0.1) is 23.9 Å². The molecule has 148 valence electrons. The number of hydrogen-bond acceptors (Lipinski definition) is 7. The van der Waals surface area contributed by atoms with E-state index < -0.39 is 23.3 Å². The second kappa shape index (κ2) is 5.97. The van der Waals surface area contributed by atoms with Crippen LogP contribution in [0.3, 0.4) is 0 Å². The van der Waals surface area contributed by atoms with Crippen molar-refractivity contribution >= 4 is 29.3 Å². The van der Waals surface area contributed by atoms with Crippen LogP contribution in [0.2, 0.25) is 0 Å². The van der Waals surface area contributed by atoms with Crippen LogP contribution in [0.15, 0.2) is 24.4 Å². The molecule has 1 aromatic heterocycles. The standard InChI is InChI=1S/C19H18N6O4/c1-2-24-9-11(22-23-24)8-20-13-5-3-4-12-14(13)17(28)25(16(12)27)19-6-10(7-19)15(26)21-18(19)29/h3-5,9-10,20H,2,6-8H2,1H3,(H,21,26,29). The lowest BCUT2D eigenvalue weighted by Crippen LogP contribution is -2.74. The predicted molar refractivity (Wildman–Crippen MR) is 98.6 cm³/mol. The van der Waals surface area contributed by atoms with Gasteiger partial charge in [0.25, 0.3) is 17.7 Å². The molecule has 0 spiro atoms. The summed E-state index contributed by atoms with van der Waals surface area (Å²) in [5, 5.41) is 13.5. The first-order valence-electron chi connectivity index (χ1n) is 9.44. The third kappa shape index (κ3) is 2.35. The topological polar surface area (TPSA) is 126 Å². The molecule has 6 rings (SSSR count). The number of fused-ring (bicyclic) bond motifs is 3. The molecule has 0 radical (unpaired) electrons. The Morgan fingerprint density at radius 1 is 1.21 bits per heavy atom. The number of aryl methyl sites for hydroxylation is 1. The number of aromatic nitrogens is 3. The summed E-state index contributed by atoms with van der Waals surface area (Å²) in [7, 11) is 0. The predicted octanol–water partition coefficient (Wildman–Crippen LogP) is 0.311. The van der Waals surface area contributed by atoms with Gasteiger partial charge in [-0.05, 0) is 31.9 Å². The lowest BCUT2D eigenvalue weighted by Gasteiger charge is -2.52. The maximum Gasteiger partial charge on any atom is 0.264 e. The van der Waals surface area contributed by atoms with Crippen LogP contribution >= 0.6 is 0 Å². The van der Waals surface area contributed by atoms with Crippen LogP contribution in [0.1, 0.15) is 46.2 Å². The largest absolute Gasteiger partial charge is 0.379 e. The summed E-state index contributed by atoms with van der Waals surface area (Å²) < 4.78 is 1.69. The minimum absolute atomic E-state index is 0.187. The first-order chi connectivity index (χ1) is 13.9. The van der Waals surface area contributed by atoms with Crippen LogP contribution in [-0.2, 0) is 22.7 Å². The third-order valence-corrected chi connectivity index (χ3v) is 5.91. The zero-order valence-electron chi connectivity index (χ0n) is 15.6. The van der Waals surface area contributed by atoms with Crippen molar-refractivity contribution in [1.82, 2.24) is 25.2 Å². The van der Waals surface area contributed by atoms with E-state index in [0.29, 0.717) is 24.5 Å². The van der Waals surface area contributed by atoms with Crippen molar-refractivity contribution in [2.24, 2.45) is 5.92 Å². The van der Waals surface area contributed by atoms with E-state index in [1.807, 2.05) is 6.92 Å². The second-order valence-corrected chi connectivity index (χ2v) is 7.55.